The Hall–Kier alpha value is 0.365. The summed E-state index contributed by atoms with van der Waals surface area (Å²) in [6.07, 6.45) is 4.37. The van der Waals surface area contributed by atoms with E-state index in [1.165, 1.54) is 5.56 Å². The molecule has 1 aromatic heterocycles. The number of nitrogens with zero attached hydrogens (tertiary/aromatic N) is 2. The Balaban J connectivity index is 0.000000980. The summed E-state index contributed by atoms with van der Waals surface area (Å²) in [5.41, 5.74) is 3.16. The molecule has 0 aliphatic heterocycles. The molecule has 0 saturated carbocycles. The molecule has 66 valence electrons. The van der Waals surface area contributed by atoms with Crippen molar-refractivity contribution >= 4 is 11.0 Å². The Morgan fingerprint density at radius 1 is 1.29 bits per heavy atom. The molecule has 14 heavy (non-hydrogen) atoms. The zero-order valence-corrected chi connectivity index (χ0v) is 13.7. The van der Waals surface area contributed by atoms with Gasteiger partial charge in [0.05, 0.1) is 0 Å². The number of rotatable bonds is 1. The second kappa shape index (κ2) is 5.45. The normalized spacial score (nSPS) is 10.2. The van der Waals surface area contributed by atoms with Gasteiger partial charge in [0.2, 0.25) is 0 Å². The van der Waals surface area contributed by atoms with Crippen LogP contribution in [0.2, 0.25) is 0 Å². The fourth-order valence-electron chi connectivity index (χ4n) is 1.43. The van der Waals surface area contributed by atoms with Crippen LogP contribution in [-0.2, 0) is 0 Å². The number of benzene rings is 1. The van der Waals surface area contributed by atoms with Gasteiger partial charge in [0.25, 0.3) is 0 Å². The van der Waals surface area contributed by atoms with Crippen LogP contribution in [-0.4, -0.2) is 9.97 Å². The van der Waals surface area contributed by atoms with Gasteiger partial charge in [0, 0.05) is 5.52 Å². The minimum absolute atomic E-state index is 0. The Bertz CT molecular complexity index is 421. The molecule has 0 aliphatic rings. The van der Waals surface area contributed by atoms with Crippen molar-refractivity contribution < 1.29 is 58.2 Å². The van der Waals surface area contributed by atoms with Crippen molar-refractivity contribution in [3.05, 3.63) is 36.2 Å². The van der Waals surface area contributed by atoms with Gasteiger partial charge in [0.1, 0.15) is 0 Å². The molecular weight excluding hydrogens is 246 g/mol. The average Bonchev–Trinajstić information content (AvgIpc) is 2.17. The Morgan fingerprint density at radius 3 is 2.79 bits per heavy atom. The molecule has 0 saturated heterocycles. The smallest absolute Gasteiger partial charge is 0.448 e. The van der Waals surface area contributed by atoms with E-state index in [-0.39, 0.29) is 58.2 Å². The van der Waals surface area contributed by atoms with E-state index in [4.69, 9.17) is 0 Å². The maximum Gasteiger partial charge on any atom is 1.00 e. The predicted octanol–water partition coefficient (Wildman–Crippen LogP) is -0.443. The maximum atomic E-state index is 4.21. The molecule has 3 heteroatoms. The fraction of sp³-hybridized carbons (Fsp3) is 0.273. The van der Waals surface area contributed by atoms with Crippen LogP contribution in [0.15, 0.2) is 24.4 Å². The van der Waals surface area contributed by atoms with Gasteiger partial charge in [-0.2, -0.15) is 0 Å². The third kappa shape index (κ3) is 2.48. The molecule has 0 atom stereocenters. The van der Waals surface area contributed by atoms with Crippen molar-refractivity contribution in [2.45, 2.75) is 19.8 Å². The summed E-state index contributed by atoms with van der Waals surface area (Å²) < 4.78 is 0. The molecule has 1 aromatic carbocycles. The van der Waals surface area contributed by atoms with Crippen LogP contribution in [0, 0.1) is 6.20 Å². The first-order valence-corrected chi connectivity index (χ1v) is 4.41. The van der Waals surface area contributed by atoms with Crippen LogP contribution in [0.5, 0.6) is 0 Å². The molecule has 0 amide bonds. The first-order valence-electron chi connectivity index (χ1n) is 4.41. The van der Waals surface area contributed by atoms with Crippen molar-refractivity contribution in [3.63, 3.8) is 0 Å². The van der Waals surface area contributed by atoms with Gasteiger partial charge >= 0.3 is 58.2 Å². The van der Waals surface area contributed by atoms with Crippen molar-refractivity contribution in [3.8, 4) is 0 Å². The van der Waals surface area contributed by atoms with Gasteiger partial charge in [-0.1, -0.05) is 37.6 Å². The average molecular weight is 257 g/mol. The SMILES string of the molecule is CC(C)c1cccc2nc[c-]nc12.[Rb+]. The molecule has 2 aromatic rings. The summed E-state index contributed by atoms with van der Waals surface area (Å²) >= 11 is 0. The summed E-state index contributed by atoms with van der Waals surface area (Å²) in [5.74, 6) is 0.480. The summed E-state index contributed by atoms with van der Waals surface area (Å²) in [5, 5.41) is 0. The van der Waals surface area contributed by atoms with Gasteiger partial charge in [0.15, 0.2) is 0 Å². The number of aromatic nitrogens is 2. The molecule has 0 unspecified atom stereocenters. The summed E-state index contributed by atoms with van der Waals surface area (Å²) in [6, 6.07) is 6.09. The molecule has 0 bridgehead atoms. The second-order valence-electron chi connectivity index (χ2n) is 3.37. The Labute approximate surface area is 133 Å². The molecule has 0 aliphatic carbocycles. The Morgan fingerprint density at radius 2 is 2.07 bits per heavy atom. The van der Waals surface area contributed by atoms with E-state index in [0.717, 1.165) is 11.0 Å². The van der Waals surface area contributed by atoms with Gasteiger partial charge in [-0.3, -0.25) is 4.98 Å². The maximum absolute atomic E-state index is 4.21. The summed E-state index contributed by atoms with van der Waals surface area (Å²) in [7, 11) is 0. The Kier molecular flexibility index (Phi) is 4.84. The molecule has 0 radical (unpaired) electrons. The van der Waals surface area contributed by atoms with Crippen molar-refractivity contribution in [2.24, 2.45) is 0 Å². The predicted molar refractivity (Wildman–Crippen MR) is 52.5 cm³/mol. The van der Waals surface area contributed by atoms with Gasteiger partial charge in [-0.15, -0.1) is 11.8 Å². The number of hydrogen-bond acceptors (Lipinski definition) is 2. The van der Waals surface area contributed by atoms with Crippen LogP contribution in [0.4, 0.5) is 0 Å². The van der Waals surface area contributed by atoms with Gasteiger partial charge in [-0.05, 0) is 12.1 Å². The first-order chi connectivity index (χ1) is 6.29. The standard InChI is InChI=1S/C11H11N2.Rb/c1-8(2)9-4-3-5-10-11(9)13-7-6-12-10;/h3-6,8H,1-2H3;/q-1;+1. The van der Waals surface area contributed by atoms with Crippen LogP contribution in [0.25, 0.3) is 11.0 Å². The van der Waals surface area contributed by atoms with E-state index in [0.29, 0.717) is 5.92 Å². The third-order valence-electron chi connectivity index (χ3n) is 2.11. The largest absolute Gasteiger partial charge is 1.00 e. The zero-order chi connectivity index (χ0) is 9.26. The number of hydrogen-bond donors (Lipinski definition) is 0. The van der Waals surface area contributed by atoms with E-state index in [2.05, 4.69) is 36.1 Å². The van der Waals surface area contributed by atoms with E-state index >= 15 is 0 Å². The topological polar surface area (TPSA) is 25.8 Å². The minimum atomic E-state index is 0. The van der Waals surface area contributed by atoms with Gasteiger partial charge < -0.3 is 4.98 Å². The molecule has 2 rings (SSSR count). The van der Waals surface area contributed by atoms with Crippen molar-refractivity contribution in [2.75, 3.05) is 0 Å². The first kappa shape index (κ1) is 12.4. The number of para-hydroxylation sites is 1. The van der Waals surface area contributed by atoms with Crippen LogP contribution in [0.3, 0.4) is 0 Å². The number of fused-ring (bicyclic) bond motifs is 1. The van der Waals surface area contributed by atoms with Crippen LogP contribution >= 0.6 is 0 Å². The van der Waals surface area contributed by atoms with Crippen LogP contribution in [0.1, 0.15) is 25.3 Å². The molecular formula is C11H11N2Rb. The minimum Gasteiger partial charge on any atom is -0.448 e. The van der Waals surface area contributed by atoms with E-state index in [9.17, 15) is 0 Å². The third-order valence-corrected chi connectivity index (χ3v) is 2.11. The zero-order valence-electron chi connectivity index (χ0n) is 8.78. The van der Waals surface area contributed by atoms with Crippen molar-refractivity contribution in [1.82, 2.24) is 9.97 Å². The monoisotopic (exact) mass is 256 g/mol. The van der Waals surface area contributed by atoms with E-state index in [1.54, 1.807) is 6.20 Å². The fourth-order valence-corrected chi connectivity index (χ4v) is 1.43. The quantitative estimate of drug-likeness (QED) is 0.647. The molecule has 0 N–H and O–H groups in total. The van der Waals surface area contributed by atoms with Gasteiger partial charge in [-0.25, -0.2) is 0 Å². The summed E-state index contributed by atoms with van der Waals surface area (Å²) in [4.78, 5) is 8.42. The molecule has 0 spiro atoms. The molecule has 1 heterocycles. The van der Waals surface area contributed by atoms with E-state index in [1.807, 2.05) is 12.1 Å². The molecule has 0 fully saturated rings. The summed E-state index contributed by atoms with van der Waals surface area (Å²) in [6.45, 7) is 4.31. The van der Waals surface area contributed by atoms with E-state index < -0.39 is 0 Å². The molecule has 2 nitrogen and oxygen atoms in total. The van der Waals surface area contributed by atoms with Crippen LogP contribution < -0.4 is 58.2 Å². The second-order valence-corrected chi connectivity index (χ2v) is 3.37. The van der Waals surface area contributed by atoms with Crippen molar-refractivity contribution in [1.29, 1.82) is 0 Å².